The molecule has 0 atom stereocenters. The first-order valence-corrected chi connectivity index (χ1v) is 23.3. The monoisotopic (exact) mass is 926 g/mol. The summed E-state index contributed by atoms with van der Waals surface area (Å²) in [6.45, 7) is 0. The fraction of sp³-hybridized carbons (Fsp3) is 0. The van der Waals surface area contributed by atoms with Crippen molar-refractivity contribution < 1.29 is 0 Å². The maximum Gasteiger partial charge on any atom is 0.0892 e. The van der Waals surface area contributed by atoms with Crippen molar-refractivity contribution in [2.45, 2.75) is 0 Å². The lowest BCUT2D eigenvalue weighted by atomic mass is 10.0. The first-order valence-electron chi connectivity index (χ1n) is 23.3. The molecule has 2 N–H and O–H groups in total. The standard InChI is InChI=1S/C60H38N12/c1-5-25-61-41(9-1)53-33-37(21-29-65-53)57-45-13-15-47(69-45)58(38-22-30-66-54(34-38)42-10-2-6-26-62-42)49-17-19-51(71-49)60(40-24-32-68-56(36-40)44-12-4-8-28-64-44)52-20-18-50(72-52)59(48-16-14-46(57)70-48)39-23-31-67-55(35-39)43-11-3-7-27-63-43/h1-36,69,72H. The molecule has 0 saturated carbocycles. The number of fused-ring (bicyclic) bond motifs is 8. The largest absolute Gasteiger partial charge is 0.354 e. The molecule has 13 heterocycles. The molecule has 13 rings (SSSR count). The molecule has 0 saturated heterocycles. The van der Waals surface area contributed by atoms with E-state index >= 15 is 0 Å². The van der Waals surface area contributed by atoms with E-state index in [0.29, 0.717) is 0 Å². The van der Waals surface area contributed by atoms with Gasteiger partial charge in [-0.2, -0.15) is 0 Å². The van der Waals surface area contributed by atoms with Gasteiger partial charge in [0.2, 0.25) is 0 Å². The lowest BCUT2D eigenvalue weighted by Crippen LogP contribution is -1.93. The average Bonchev–Trinajstić information content (AvgIpc) is 4.31. The van der Waals surface area contributed by atoms with E-state index in [9.17, 15) is 0 Å². The van der Waals surface area contributed by atoms with Gasteiger partial charge in [0.15, 0.2) is 0 Å². The molecule has 12 nitrogen and oxygen atoms in total. The van der Waals surface area contributed by atoms with Crippen LogP contribution >= 0.6 is 0 Å². The van der Waals surface area contributed by atoms with Crippen molar-refractivity contribution in [3.05, 3.63) is 218 Å². The molecule has 338 valence electrons. The third kappa shape index (κ3) is 7.90. The molecule has 0 radical (unpaired) electrons. The van der Waals surface area contributed by atoms with Crippen LogP contribution in [0, 0.1) is 0 Å². The van der Waals surface area contributed by atoms with Crippen LogP contribution in [0.25, 0.3) is 136 Å². The molecule has 2 aliphatic heterocycles. The molecule has 0 unspecified atom stereocenters. The van der Waals surface area contributed by atoms with Gasteiger partial charge in [0, 0.05) is 93.9 Å². The molecule has 11 aromatic heterocycles. The summed E-state index contributed by atoms with van der Waals surface area (Å²) in [5.41, 5.74) is 19.6. The first kappa shape index (κ1) is 41.9. The number of nitrogens with zero attached hydrogens (tertiary/aromatic N) is 10. The quantitative estimate of drug-likeness (QED) is 0.150. The summed E-state index contributed by atoms with van der Waals surface area (Å²) in [6.07, 6.45) is 22.8. The minimum Gasteiger partial charge on any atom is -0.354 e. The highest BCUT2D eigenvalue weighted by Gasteiger charge is 2.21. The van der Waals surface area contributed by atoms with Gasteiger partial charge in [0.25, 0.3) is 0 Å². The Morgan fingerprint density at radius 2 is 0.486 bits per heavy atom. The van der Waals surface area contributed by atoms with E-state index in [1.807, 2.05) is 122 Å². The van der Waals surface area contributed by atoms with Crippen molar-refractivity contribution in [2.75, 3.05) is 0 Å². The Bertz CT molecular complexity index is 3570. The van der Waals surface area contributed by atoms with Crippen LogP contribution in [0.1, 0.15) is 22.8 Å². The van der Waals surface area contributed by atoms with Crippen molar-refractivity contribution in [1.82, 2.24) is 59.8 Å². The third-order valence-corrected chi connectivity index (χ3v) is 12.7. The highest BCUT2D eigenvalue weighted by molar-refractivity contribution is 6.00. The van der Waals surface area contributed by atoms with Crippen molar-refractivity contribution in [1.29, 1.82) is 0 Å². The van der Waals surface area contributed by atoms with Crippen LogP contribution in [-0.4, -0.2) is 59.8 Å². The van der Waals surface area contributed by atoms with Crippen molar-refractivity contribution in [2.24, 2.45) is 0 Å². The maximum atomic E-state index is 5.54. The molecular weight excluding hydrogens is 889 g/mol. The number of H-pyrrole nitrogens is 2. The zero-order valence-electron chi connectivity index (χ0n) is 38.3. The zero-order chi connectivity index (χ0) is 47.8. The molecule has 2 aliphatic rings. The van der Waals surface area contributed by atoms with Gasteiger partial charge in [-0.15, -0.1) is 0 Å². The van der Waals surface area contributed by atoms with E-state index in [0.717, 1.165) is 135 Å². The van der Waals surface area contributed by atoms with E-state index in [1.165, 1.54) is 0 Å². The van der Waals surface area contributed by atoms with Crippen LogP contribution < -0.4 is 0 Å². The summed E-state index contributed by atoms with van der Waals surface area (Å²) in [7, 11) is 0. The Morgan fingerprint density at radius 1 is 0.236 bits per heavy atom. The lowest BCUT2D eigenvalue weighted by Gasteiger charge is -2.09. The van der Waals surface area contributed by atoms with Crippen LogP contribution in [0.5, 0.6) is 0 Å². The number of aromatic nitrogens is 12. The van der Waals surface area contributed by atoms with Crippen LogP contribution in [0.2, 0.25) is 0 Å². The molecule has 0 spiro atoms. The van der Waals surface area contributed by atoms with Crippen LogP contribution in [-0.2, 0) is 0 Å². The maximum absolute atomic E-state index is 5.54. The fourth-order valence-corrected chi connectivity index (χ4v) is 9.38. The highest BCUT2D eigenvalue weighted by Crippen LogP contribution is 2.40. The van der Waals surface area contributed by atoms with Gasteiger partial charge in [-0.1, -0.05) is 24.3 Å². The summed E-state index contributed by atoms with van der Waals surface area (Å²) in [4.78, 5) is 56.5. The molecule has 12 heteroatoms. The number of pyridine rings is 8. The molecule has 8 bridgehead atoms. The van der Waals surface area contributed by atoms with Gasteiger partial charge >= 0.3 is 0 Å². The summed E-state index contributed by atoms with van der Waals surface area (Å²) >= 11 is 0. The van der Waals surface area contributed by atoms with Crippen molar-refractivity contribution in [3.8, 4) is 90.1 Å². The SMILES string of the molecule is C1=Cc2nc1c(-c1ccnc(-c3ccccn3)c1)c1ccc([nH]1)c(-c1ccnc(-c3ccccn3)c1)c1nc(c(-c3ccnc(-c4ccccn4)c3)c3ccc([nH]3)c2-c2ccnc(-c3ccccn3)c2)C=C1. The van der Waals surface area contributed by atoms with Crippen LogP contribution in [0.3, 0.4) is 0 Å². The minimum atomic E-state index is 0.740. The molecular formula is C60H38N12. The van der Waals surface area contributed by atoms with Crippen LogP contribution in [0.4, 0.5) is 0 Å². The number of hydrogen-bond donors (Lipinski definition) is 2. The second-order valence-electron chi connectivity index (χ2n) is 17.1. The predicted molar refractivity (Wildman–Crippen MR) is 285 cm³/mol. The molecule has 72 heavy (non-hydrogen) atoms. The number of rotatable bonds is 8. The van der Waals surface area contributed by atoms with Gasteiger partial charge < -0.3 is 9.97 Å². The second kappa shape index (κ2) is 18.0. The van der Waals surface area contributed by atoms with Gasteiger partial charge in [-0.25, -0.2) is 9.97 Å². The van der Waals surface area contributed by atoms with Gasteiger partial charge in [-0.05, 0) is 168 Å². The van der Waals surface area contributed by atoms with E-state index in [4.69, 9.17) is 29.9 Å². The smallest absolute Gasteiger partial charge is 0.0892 e. The second-order valence-corrected chi connectivity index (χ2v) is 17.1. The molecule has 11 aromatic rings. The van der Waals surface area contributed by atoms with Crippen molar-refractivity contribution >= 4 is 46.4 Å². The van der Waals surface area contributed by atoms with Crippen LogP contribution in [0.15, 0.2) is 195 Å². The Hall–Kier alpha value is -10.2. The summed E-state index contributed by atoms with van der Waals surface area (Å²) in [5.74, 6) is 0. The molecule has 0 amide bonds. The van der Waals surface area contributed by atoms with Crippen molar-refractivity contribution in [3.63, 3.8) is 0 Å². The van der Waals surface area contributed by atoms with Gasteiger partial charge in [0.1, 0.15) is 0 Å². The molecule has 0 aliphatic carbocycles. The highest BCUT2D eigenvalue weighted by atomic mass is 14.8. The Balaban J connectivity index is 1.15. The van der Waals surface area contributed by atoms with Gasteiger partial charge in [0.05, 0.1) is 68.3 Å². The van der Waals surface area contributed by atoms with E-state index in [-0.39, 0.29) is 0 Å². The predicted octanol–water partition coefficient (Wildman–Crippen LogP) is 13.2. The average molecular weight is 927 g/mol. The zero-order valence-corrected chi connectivity index (χ0v) is 38.3. The Labute approximate surface area is 412 Å². The third-order valence-electron chi connectivity index (χ3n) is 12.7. The molecule has 0 aromatic carbocycles. The topological polar surface area (TPSA) is 160 Å². The van der Waals surface area contributed by atoms with E-state index < -0.39 is 0 Å². The first-order chi connectivity index (χ1) is 35.7. The number of nitrogens with one attached hydrogen (secondary N) is 2. The fourth-order valence-electron chi connectivity index (χ4n) is 9.38. The summed E-state index contributed by atoms with van der Waals surface area (Å²) < 4.78 is 0. The molecule has 0 fully saturated rings. The summed E-state index contributed by atoms with van der Waals surface area (Å²) in [5, 5.41) is 0. The lowest BCUT2D eigenvalue weighted by molar-refractivity contribution is 1.24. The Kier molecular flexibility index (Phi) is 10.5. The Morgan fingerprint density at radius 3 is 0.722 bits per heavy atom. The summed E-state index contributed by atoms with van der Waals surface area (Å²) in [6, 6.07) is 48.2. The normalized spacial score (nSPS) is 11.8. The van der Waals surface area contributed by atoms with E-state index in [2.05, 4.69) is 103 Å². The number of aromatic amines is 2. The van der Waals surface area contributed by atoms with Gasteiger partial charge in [-0.3, -0.25) is 39.9 Å². The van der Waals surface area contributed by atoms with E-state index in [1.54, 1.807) is 24.8 Å². The minimum absolute atomic E-state index is 0.740. The number of hydrogen-bond acceptors (Lipinski definition) is 10.